The fraction of sp³-hybridized carbons (Fsp3) is 0.143. The summed E-state index contributed by atoms with van der Waals surface area (Å²) in [6.45, 7) is 0. The van der Waals surface area contributed by atoms with Crippen LogP contribution in [0.2, 0.25) is 0 Å². The lowest BCUT2D eigenvalue weighted by Crippen LogP contribution is -2.01. The summed E-state index contributed by atoms with van der Waals surface area (Å²) in [6.07, 6.45) is 1.95. The minimum atomic E-state index is -4.43. The number of halogens is 3. The Morgan fingerprint density at radius 1 is 1.43 bits per heavy atom. The molecular formula is C7H4F3NO2S. The first-order chi connectivity index (χ1) is 6.38. The summed E-state index contributed by atoms with van der Waals surface area (Å²) in [5, 5.41) is 8.48. The van der Waals surface area contributed by atoms with Crippen molar-refractivity contribution in [1.29, 1.82) is 0 Å². The molecule has 0 aliphatic carbocycles. The van der Waals surface area contributed by atoms with Crippen molar-refractivity contribution in [2.24, 2.45) is 0 Å². The number of thioether (sulfide) groups is 1. The fourth-order valence-corrected chi connectivity index (χ4v) is 1.29. The van der Waals surface area contributed by atoms with Crippen molar-refractivity contribution >= 4 is 17.7 Å². The minimum Gasteiger partial charge on any atom is -0.478 e. The quantitative estimate of drug-likeness (QED) is 0.782. The molecule has 0 aliphatic heterocycles. The van der Waals surface area contributed by atoms with Crippen LogP contribution in [0.15, 0.2) is 23.4 Å². The maximum Gasteiger partial charge on any atom is 0.446 e. The van der Waals surface area contributed by atoms with Gasteiger partial charge in [0.15, 0.2) is 0 Å². The van der Waals surface area contributed by atoms with Gasteiger partial charge in [-0.2, -0.15) is 13.2 Å². The van der Waals surface area contributed by atoms with Crippen LogP contribution >= 0.6 is 11.8 Å². The minimum absolute atomic E-state index is 0.239. The van der Waals surface area contributed by atoms with Crippen molar-refractivity contribution in [3.05, 3.63) is 24.0 Å². The third kappa shape index (κ3) is 3.25. The van der Waals surface area contributed by atoms with E-state index in [0.29, 0.717) is 0 Å². The number of carbonyl (C=O) groups is 1. The molecule has 0 aliphatic rings. The van der Waals surface area contributed by atoms with Crippen LogP contribution in [0.4, 0.5) is 13.2 Å². The Morgan fingerprint density at radius 2 is 2.07 bits per heavy atom. The second kappa shape index (κ2) is 3.87. The number of aromatic carboxylic acids is 1. The molecule has 0 atom stereocenters. The number of nitrogens with zero attached hydrogens (tertiary/aromatic N) is 1. The van der Waals surface area contributed by atoms with Gasteiger partial charge in [-0.25, -0.2) is 4.79 Å². The summed E-state index contributed by atoms with van der Waals surface area (Å²) in [4.78, 5) is 13.5. The zero-order valence-electron chi connectivity index (χ0n) is 6.58. The molecule has 0 unspecified atom stereocenters. The van der Waals surface area contributed by atoms with Crippen molar-refractivity contribution in [3.8, 4) is 0 Å². The highest BCUT2D eigenvalue weighted by atomic mass is 32.2. The van der Waals surface area contributed by atoms with E-state index in [2.05, 4.69) is 4.98 Å². The topological polar surface area (TPSA) is 50.2 Å². The number of rotatable bonds is 2. The number of pyridine rings is 1. The summed E-state index contributed by atoms with van der Waals surface area (Å²) in [5.41, 5.74) is -4.70. The summed E-state index contributed by atoms with van der Waals surface area (Å²) in [6, 6.07) is 0.924. The Bertz CT molecular complexity index is 353. The van der Waals surface area contributed by atoms with E-state index in [-0.39, 0.29) is 10.5 Å². The monoisotopic (exact) mass is 223 g/mol. The standard InChI is InChI=1S/C7H4F3NO2S/c8-7(9,10)14-5-1-4(6(12)13)2-11-3-5/h1-3H,(H,12,13). The summed E-state index contributed by atoms with van der Waals surface area (Å²) >= 11 is -0.394. The average molecular weight is 223 g/mol. The van der Waals surface area contributed by atoms with Crippen LogP contribution in [0, 0.1) is 0 Å². The zero-order valence-corrected chi connectivity index (χ0v) is 7.39. The number of alkyl halides is 3. The molecule has 0 saturated carbocycles. The highest BCUT2D eigenvalue weighted by Crippen LogP contribution is 2.36. The van der Waals surface area contributed by atoms with Crippen molar-refractivity contribution < 1.29 is 23.1 Å². The third-order valence-electron chi connectivity index (χ3n) is 1.19. The van der Waals surface area contributed by atoms with Crippen molar-refractivity contribution in [2.75, 3.05) is 0 Å². The maximum atomic E-state index is 11.9. The Kier molecular flexibility index (Phi) is 3.00. The first-order valence-electron chi connectivity index (χ1n) is 3.32. The molecule has 0 saturated heterocycles. The SMILES string of the molecule is O=C(O)c1cncc(SC(F)(F)F)c1. The largest absolute Gasteiger partial charge is 0.478 e. The summed E-state index contributed by atoms with van der Waals surface area (Å²) in [5.74, 6) is -1.30. The molecule has 14 heavy (non-hydrogen) atoms. The molecule has 76 valence electrons. The molecule has 0 amide bonds. The molecular weight excluding hydrogens is 219 g/mol. The Labute approximate surface area is 81.0 Å². The van der Waals surface area contributed by atoms with E-state index >= 15 is 0 Å². The summed E-state index contributed by atoms with van der Waals surface area (Å²) in [7, 11) is 0. The lowest BCUT2D eigenvalue weighted by atomic mass is 10.3. The van der Waals surface area contributed by atoms with Gasteiger partial charge in [-0.05, 0) is 17.8 Å². The Morgan fingerprint density at radius 3 is 2.57 bits per heavy atom. The van der Waals surface area contributed by atoms with Gasteiger partial charge in [0.25, 0.3) is 0 Å². The van der Waals surface area contributed by atoms with Gasteiger partial charge in [0.05, 0.1) is 5.56 Å². The maximum absolute atomic E-state index is 11.9. The van der Waals surface area contributed by atoms with Gasteiger partial charge in [-0.15, -0.1) is 0 Å². The van der Waals surface area contributed by atoms with Crippen molar-refractivity contribution in [3.63, 3.8) is 0 Å². The second-order valence-corrected chi connectivity index (χ2v) is 3.40. The molecule has 0 bridgehead atoms. The average Bonchev–Trinajstić information content (AvgIpc) is 2.01. The van der Waals surface area contributed by atoms with Gasteiger partial charge in [-0.3, -0.25) is 4.98 Å². The molecule has 0 aromatic carbocycles. The van der Waals surface area contributed by atoms with Gasteiger partial charge in [0.2, 0.25) is 0 Å². The molecule has 1 rings (SSSR count). The van der Waals surface area contributed by atoms with Gasteiger partial charge in [0.1, 0.15) is 0 Å². The molecule has 1 heterocycles. The number of aromatic nitrogens is 1. The summed E-state index contributed by atoms with van der Waals surface area (Å²) < 4.78 is 35.6. The van der Waals surface area contributed by atoms with Crippen molar-refractivity contribution in [2.45, 2.75) is 10.4 Å². The van der Waals surface area contributed by atoms with Crippen LogP contribution in [-0.4, -0.2) is 21.6 Å². The molecule has 1 N–H and O–H groups in total. The normalized spacial score (nSPS) is 11.4. The molecule has 7 heteroatoms. The smallest absolute Gasteiger partial charge is 0.446 e. The van der Waals surface area contributed by atoms with Gasteiger partial charge in [0, 0.05) is 17.3 Å². The first-order valence-corrected chi connectivity index (χ1v) is 4.14. The van der Waals surface area contributed by atoms with Crippen LogP contribution < -0.4 is 0 Å². The van der Waals surface area contributed by atoms with Gasteiger partial charge < -0.3 is 5.11 Å². The number of carboxylic acid groups (broad SMARTS) is 1. The molecule has 1 aromatic rings. The molecule has 3 nitrogen and oxygen atoms in total. The van der Waals surface area contributed by atoms with Crippen molar-refractivity contribution in [1.82, 2.24) is 4.98 Å². The van der Waals surface area contributed by atoms with E-state index < -0.39 is 23.2 Å². The lowest BCUT2D eigenvalue weighted by molar-refractivity contribution is -0.0328. The predicted molar refractivity (Wildman–Crippen MR) is 43.1 cm³/mol. The van der Waals surface area contributed by atoms with Crippen LogP contribution in [-0.2, 0) is 0 Å². The van der Waals surface area contributed by atoms with Crippen LogP contribution in [0.5, 0.6) is 0 Å². The van der Waals surface area contributed by atoms with E-state index in [9.17, 15) is 18.0 Å². The highest BCUT2D eigenvalue weighted by Gasteiger charge is 2.29. The van der Waals surface area contributed by atoms with Crippen LogP contribution in [0.3, 0.4) is 0 Å². The molecule has 1 aromatic heterocycles. The van der Waals surface area contributed by atoms with Gasteiger partial charge >= 0.3 is 11.5 Å². The van der Waals surface area contributed by atoms with Crippen LogP contribution in [0.1, 0.15) is 10.4 Å². The third-order valence-corrected chi connectivity index (χ3v) is 1.88. The highest BCUT2D eigenvalue weighted by molar-refractivity contribution is 8.00. The van der Waals surface area contributed by atoms with E-state index in [1.54, 1.807) is 0 Å². The predicted octanol–water partition coefficient (Wildman–Crippen LogP) is 2.39. The number of hydrogen-bond donors (Lipinski definition) is 1. The van der Waals surface area contributed by atoms with E-state index in [1.165, 1.54) is 0 Å². The molecule has 0 radical (unpaired) electrons. The number of carboxylic acids is 1. The van der Waals surface area contributed by atoms with Crippen LogP contribution in [0.25, 0.3) is 0 Å². The number of hydrogen-bond acceptors (Lipinski definition) is 3. The molecule has 0 fully saturated rings. The zero-order chi connectivity index (χ0) is 10.8. The van der Waals surface area contributed by atoms with Gasteiger partial charge in [-0.1, -0.05) is 0 Å². The van der Waals surface area contributed by atoms with E-state index in [1.807, 2.05) is 0 Å². The fourth-order valence-electron chi connectivity index (χ4n) is 0.725. The van der Waals surface area contributed by atoms with E-state index in [0.717, 1.165) is 18.5 Å². The van der Waals surface area contributed by atoms with E-state index in [4.69, 9.17) is 5.11 Å². The first kappa shape index (κ1) is 10.8. The Hall–Kier alpha value is -1.24. The lowest BCUT2D eigenvalue weighted by Gasteiger charge is -2.04. The Balaban J connectivity index is 2.89. The second-order valence-electron chi connectivity index (χ2n) is 2.26. The molecule has 0 spiro atoms.